The van der Waals surface area contributed by atoms with Gasteiger partial charge in [-0.1, -0.05) is 0 Å². The lowest BCUT2D eigenvalue weighted by atomic mass is 9.87. The minimum atomic E-state index is -1.15. The van der Waals surface area contributed by atoms with E-state index in [1.807, 2.05) is 0 Å². The van der Waals surface area contributed by atoms with Crippen molar-refractivity contribution < 1.29 is 24.2 Å². The molecule has 0 aromatic carbocycles. The van der Waals surface area contributed by atoms with E-state index in [1.54, 1.807) is 20.8 Å². The quantitative estimate of drug-likeness (QED) is 0.620. The number of nitrogens with zero attached hydrogens (tertiary/aromatic N) is 1. The Morgan fingerprint density at radius 3 is 2.52 bits per heavy atom. The van der Waals surface area contributed by atoms with Gasteiger partial charge in [0.1, 0.15) is 17.2 Å². The fourth-order valence-corrected chi connectivity index (χ4v) is 2.98. The number of aliphatic hydroxyl groups excluding tert-OH is 1. The highest BCUT2D eigenvalue weighted by atomic mass is 16.6. The number of hydrogen-bond donors (Lipinski definition) is 3. The summed E-state index contributed by atoms with van der Waals surface area (Å²) in [6.07, 6.45) is -0.555. The second-order valence-electron chi connectivity index (χ2n) is 7.17. The van der Waals surface area contributed by atoms with Crippen molar-refractivity contribution in [1.82, 2.24) is 15.5 Å². The van der Waals surface area contributed by atoms with Crippen LogP contribution in [-0.2, 0) is 14.3 Å². The minimum Gasteiger partial charge on any atom is -0.444 e. The van der Waals surface area contributed by atoms with Crippen LogP contribution in [-0.4, -0.2) is 64.3 Å². The van der Waals surface area contributed by atoms with Crippen LogP contribution in [0.25, 0.3) is 0 Å². The molecule has 23 heavy (non-hydrogen) atoms. The monoisotopic (exact) mass is 327 g/mol. The van der Waals surface area contributed by atoms with Gasteiger partial charge in [-0.15, -0.1) is 0 Å². The number of aliphatic hydroxyl groups is 1. The molecule has 2 fully saturated rings. The standard InChI is InChI=1S/C15H25N3O5/c1-9(19)10(17-13(22)23-14(2,3)4)11(20)18-7-5-6-15(18)8-16-12(15)21/h9-10,19H,5-8H2,1-4H3,(H,16,21)(H,17,22). The van der Waals surface area contributed by atoms with Crippen molar-refractivity contribution >= 4 is 17.9 Å². The third-order valence-electron chi connectivity index (χ3n) is 4.14. The predicted octanol–water partition coefficient (Wildman–Crippen LogP) is -0.248. The first-order valence-electron chi connectivity index (χ1n) is 7.84. The van der Waals surface area contributed by atoms with Crippen molar-refractivity contribution in [2.45, 2.75) is 63.8 Å². The maximum atomic E-state index is 12.8. The van der Waals surface area contributed by atoms with Gasteiger partial charge in [0, 0.05) is 13.1 Å². The van der Waals surface area contributed by atoms with E-state index in [2.05, 4.69) is 10.6 Å². The Morgan fingerprint density at radius 1 is 1.43 bits per heavy atom. The van der Waals surface area contributed by atoms with Gasteiger partial charge in [-0.25, -0.2) is 4.79 Å². The first kappa shape index (κ1) is 17.5. The van der Waals surface area contributed by atoms with Gasteiger partial charge in [-0.05, 0) is 40.5 Å². The molecule has 1 spiro atoms. The van der Waals surface area contributed by atoms with Crippen molar-refractivity contribution in [2.24, 2.45) is 0 Å². The second-order valence-corrected chi connectivity index (χ2v) is 7.17. The Kier molecular flexibility index (Phi) is 4.57. The number of hydrogen-bond acceptors (Lipinski definition) is 5. The van der Waals surface area contributed by atoms with Crippen LogP contribution in [0.2, 0.25) is 0 Å². The van der Waals surface area contributed by atoms with Crippen molar-refractivity contribution in [3.05, 3.63) is 0 Å². The van der Waals surface area contributed by atoms with Gasteiger partial charge in [0.2, 0.25) is 11.8 Å². The average molecular weight is 327 g/mol. The number of carbonyl (C=O) groups is 3. The Labute approximate surface area is 135 Å². The Bertz CT molecular complexity index is 514. The van der Waals surface area contributed by atoms with Gasteiger partial charge in [0.05, 0.1) is 6.10 Å². The average Bonchev–Trinajstić information content (AvgIpc) is 2.87. The summed E-state index contributed by atoms with van der Waals surface area (Å²) in [7, 11) is 0. The van der Waals surface area contributed by atoms with Crippen molar-refractivity contribution in [1.29, 1.82) is 0 Å². The number of likely N-dealkylation sites (tertiary alicyclic amines) is 1. The van der Waals surface area contributed by atoms with Gasteiger partial charge in [-0.3, -0.25) is 9.59 Å². The van der Waals surface area contributed by atoms with E-state index in [-0.39, 0.29) is 5.91 Å². The first-order chi connectivity index (χ1) is 10.6. The van der Waals surface area contributed by atoms with Gasteiger partial charge in [0.25, 0.3) is 0 Å². The summed E-state index contributed by atoms with van der Waals surface area (Å²) in [6.45, 7) is 7.39. The zero-order valence-electron chi connectivity index (χ0n) is 14.0. The summed E-state index contributed by atoms with van der Waals surface area (Å²) in [4.78, 5) is 38.0. The summed E-state index contributed by atoms with van der Waals surface area (Å²) in [6, 6.07) is -1.15. The highest BCUT2D eigenvalue weighted by Gasteiger charge is 2.56. The molecule has 3 atom stereocenters. The molecule has 3 amide bonds. The van der Waals surface area contributed by atoms with Crippen LogP contribution in [0.4, 0.5) is 4.79 Å². The molecular formula is C15H25N3O5. The van der Waals surface area contributed by atoms with Crippen molar-refractivity contribution in [3.63, 3.8) is 0 Å². The lowest BCUT2D eigenvalue weighted by molar-refractivity contribution is -0.154. The number of β-lactam (4-membered cyclic amide) rings is 1. The summed E-state index contributed by atoms with van der Waals surface area (Å²) >= 11 is 0. The topological polar surface area (TPSA) is 108 Å². The molecule has 0 radical (unpaired) electrons. The van der Waals surface area contributed by atoms with E-state index in [0.29, 0.717) is 19.5 Å². The molecule has 2 saturated heterocycles. The molecule has 2 rings (SSSR count). The Morgan fingerprint density at radius 2 is 2.09 bits per heavy atom. The molecule has 3 unspecified atom stereocenters. The van der Waals surface area contributed by atoms with Crippen LogP contribution in [0, 0.1) is 0 Å². The maximum Gasteiger partial charge on any atom is 0.408 e. The SMILES string of the molecule is CC(O)C(NC(=O)OC(C)(C)C)C(=O)N1CCCC12CNC2=O. The largest absolute Gasteiger partial charge is 0.444 e. The third kappa shape index (κ3) is 3.41. The molecule has 0 aromatic heterocycles. The zero-order valence-corrected chi connectivity index (χ0v) is 14.0. The van der Waals surface area contributed by atoms with Crippen LogP contribution in [0.1, 0.15) is 40.5 Å². The van der Waals surface area contributed by atoms with Gasteiger partial charge >= 0.3 is 6.09 Å². The number of rotatable bonds is 3. The molecule has 0 aliphatic carbocycles. The van der Waals surface area contributed by atoms with Gasteiger partial charge in [0.15, 0.2) is 0 Å². The van der Waals surface area contributed by atoms with Crippen LogP contribution < -0.4 is 10.6 Å². The molecule has 0 saturated carbocycles. The Balaban J connectivity index is 2.10. The lowest BCUT2D eigenvalue weighted by Gasteiger charge is -2.45. The minimum absolute atomic E-state index is 0.176. The van der Waals surface area contributed by atoms with Gasteiger partial charge < -0.3 is 25.4 Å². The van der Waals surface area contributed by atoms with Crippen LogP contribution in [0.15, 0.2) is 0 Å². The fraction of sp³-hybridized carbons (Fsp3) is 0.800. The Hall–Kier alpha value is -1.83. The number of ether oxygens (including phenoxy) is 1. The summed E-state index contributed by atoms with van der Waals surface area (Å²) in [5, 5.41) is 15.0. The third-order valence-corrected chi connectivity index (χ3v) is 4.14. The predicted molar refractivity (Wildman–Crippen MR) is 81.5 cm³/mol. The fourth-order valence-electron chi connectivity index (χ4n) is 2.98. The molecule has 3 N–H and O–H groups in total. The highest BCUT2D eigenvalue weighted by molar-refractivity contribution is 5.98. The zero-order chi connectivity index (χ0) is 17.4. The van der Waals surface area contributed by atoms with Crippen LogP contribution in [0.3, 0.4) is 0 Å². The van der Waals surface area contributed by atoms with Crippen LogP contribution in [0.5, 0.6) is 0 Å². The van der Waals surface area contributed by atoms with Crippen LogP contribution >= 0.6 is 0 Å². The normalized spacial score (nSPS) is 26.3. The number of amides is 3. The van der Waals surface area contributed by atoms with E-state index in [4.69, 9.17) is 4.74 Å². The molecule has 0 bridgehead atoms. The van der Waals surface area contributed by atoms with E-state index in [9.17, 15) is 19.5 Å². The number of nitrogens with one attached hydrogen (secondary N) is 2. The van der Waals surface area contributed by atoms with E-state index >= 15 is 0 Å². The highest BCUT2D eigenvalue weighted by Crippen LogP contribution is 2.34. The summed E-state index contributed by atoms with van der Waals surface area (Å²) in [5.74, 6) is -0.636. The molecule has 0 aromatic rings. The molecule has 2 aliphatic heterocycles. The van der Waals surface area contributed by atoms with Gasteiger partial charge in [-0.2, -0.15) is 0 Å². The molecule has 2 aliphatic rings. The number of alkyl carbamates (subject to hydrolysis) is 1. The number of carbonyl (C=O) groups excluding carboxylic acids is 3. The smallest absolute Gasteiger partial charge is 0.408 e. The van der Waals surface area contributed by atoms with E-state index in [0.717, 1.165) is 6.42 Å². The lowest BCUT2D eigenvalue weighted by Crippen LogP contribution is -2.73. The first-order valence-corrected chi connectivity index (χ1v) is 7.84. The van der Waals surface area contributed by atoms with E-state index < -0.39 is 35.3 Å². The summed E-state index contributed by atoms with van der Waals surface area (Å²) < 4.78 is 5.13. The molecule has 130 valence electrons. The molecule has 2 heterocycles. The second kappa shape index (κ2) is 5.99. The van der Waals surface area contributed by atoms with Crippen molar-refractivity contribution in [3.8, 4) is 0 Å². The molecule has 8 nitrogen and oxygen atoms in total. The van der Waals surface area contributed by atoms with Crippen molar-refractivity contribution in [2.75, 3.05) is 13.1 Å². The molecule has 8 heteroatoms. The molecular weight excluding hydrogens is 302 g/mol. The maximum absolute atomic E-state index is 12.8. The van der Waals surface area contributed by atoms with E-state index in [1.165, 1.54) is 11.8 Å². The summed E-state index contributed by atoms with van der Waals surface area (Å²) in [5.41, 5.74) is -1.53.